The minimum Gasteiger partial charge on any atom is -0.301 e. The third-order valence-corrected chi connectivity index (χ3v) is 4.61. The Balaban J connectivity index is 1.41. The van der Waals surface area contributed by atoms with Crippen molar-refractivity contribution in [1.82, 2.24) is 9.80 Å². The second kappa shape index (κ2) is 7.05. The quantitative estimate of drug-likeness (QED) is 0.775. The molecule has 3 rings (SSSR count). The summed E-state index contributed by atoms with van der Waals surface area (Å²) >= 11 is 0. The fraction of sp³-hybridized carbons (Fsp3) is 0.556. The van der Waals surface area contributed by atoms with Gasteiger partial charge in [0.1, 0.15) is 0 Å². The zero-order valence-electron chi connectivity index (χ0n) is 12.4. The van der Waals surface area contributed by atoms with Gasteiger partial charge in [-0.05, 0) is 30.7 Å². The van der Waals surface area contributed by atoms with E-state index >= 15 is 0 Å². The van der Waals surface area contributed by atoms with Crippen molar-refractivity contribution in [1.29, 1.82) is 0 Å². The molecule has 1 aromatic carbocycles. The minimum absolute atomic E-state index is 0.903. The summed E-state index contributed by atoms with van der Waals surface area (Å²) < 4.78 is 0. The van der Waals surface area contributed by atoms with Gasteiger partial charge in [0.2, 0.25) is 0 Å². The third kappa shape index (κ3) is 3.94. The first-order chi connectivity index (χ1) is 9.90. The normalized spacial score (nSPS) is 24.9. The molecule has 108 valence electrons. The van der Waals surface area contributed by atoms with Crippen LogP contribution >= 0.6 is 0 Å². The van der Waals surface area contributed by atoms with Crippen LogP contribution in [0.4, 0.5) is 0 Å². The molecule has 0 unspecified atom stereocenters. The van der Waals surface area contributed by atoms with Gasteiger partial charge in [0, 0.05) is 39.3 Å². The largest absolute Gasteiger partial charge is 0.301 e. The van der Waals surface area contributed by atoms with E-state index in [1.165, 1.54) is 57.5 Å². The van der Waals surface area contributed by atoms with E-state index in [4.69, 9.17) is 0 Å². The average molecular weight is 270 g/mol. The average Bonchev–Trinajstić information content (AvgIpc) is 2.51. The van der Waals surface area contributed by atoms with Crippen molar-refractivity contribution in [2.24, 2.45) is 5.92 Å². The van der Waals surface area contributed by atoms with E-state index in [-0.39, 0.29) is 0 Å². The lowest BCUT2D eigenvalue weighted by Crippen LogP contribution is -2.47. The van der Waals surface area contributed by atoms with Crippen molar-refractivity contribution >= 4 is 0 Å². The van der Waals surface area contributed by atoms with Crippen LogP contribution < -0.4 is 0 Å². The summed E-state index contributed by atoms with van der Waals surface area (Å²) in [6.07, 6.45) is 8.69. The van der Waals surface area contributed by atoms with E-state index in [1.54, 1.807) is 0 Å². The number of hydrogen-bond donors (Lipinski definition) is 0. The minimum atomic E-state index is 0.903. The van der Waals surface area contributed by atoms with Gasteiger partial charge in [-0.3, -0.25) is 4.90 Å². The zero-order chi connectivity index (χ0) is 13.6. The first kappa shape index (κ1) is 13.8. The lowest BCUT2D eigenvalue weighted by Gasteiger charge is -2.36. The smallest absolute Gasteiger partial charge is 0.0234 e. The van der Waals surface area contributed by atoms with Crippen molar-refractivity contribution < 1.29 is 0 Å². The third-order valence-electron chi connectivity index (χ3n) is 4.61. The fourth-order valence-corrected chi connectivity index (χ4v) is 3.36. The molecule has 0 bridgehead atoms. The van der Waals surface area contributed by atoms with E-state index in [0.29, 0.717) is 0 Å². The summed E-state index contributed by atoms with van der Waals surface area (Å²) in [5.74, 6) is 0.903. The van der Waals surface area contributed by atoms with Gasteiger partial charge in [0.05, 0.1) is 0 Å². The highest BCUT2D eigenvalue weighted by atomic mass is 15.3. The molecule has 1 fully saturated rings. The number of benzene rings is 1. The Hall–Kier alpha value is -1.12. The van der Waals surface area contributed by atoms with Gasteiger partial charge in [-0.2, -0.15) is 0 Å². The molecule has 0 aromatic heterocycles. The molecule has 0 spiro atoms. The van der Waals surface area contributed by atoms with Crippen molar-refractivity contribution in [2.75, 3.05) is 32.7 Å². The van der Waals surface area contributed by atoms with Gasteiger partial charge >= 0.3 is 0 Å². The molecule has 0 saturated carbocycles. The maximum Gasteiger partial charge on any atom is 0.0234 e. The molecular formula is C18H26N2. The van der Waals surface area contributed by atoms with E-state index in [9.17, 15) is 0 Å². The Labute approximate surface area is 123 Å². The molecule has 0 amide bonds. The van der Waals surface area contributed by atoms with Crippen molar-refractivity contribution in [2.45, 2.75) is 25.8 Å². The summed E-state index contributed by atoms with van der Waals surface area (Å²) in [6.45, 7) is 7.35. The number of hydrogen-bond acceptors (Lipinski definition) is 2. The molecule has 0 radical (unpaired) electrons. The fourth-order valence-electron chi connectivity index (χ4n) is 3.36. The van der Waals surface area contributed by atoms with Gasteiger partial charge in [0.15, 0.2) is 0 Å². The molecule has 1 aliphatic carbocycles. The van der Waals surface area contributed by atoms with E-state index < -0.39 is 0 Å². The number of nitrogens with zero attached hydrogens (tertiary/aromatic N) is 2. The monoisotopic (exact) mass is 270 g/mol. The van der Waals surface area contributed by atoms with Crippen molar-refractivity contribution in [3.05, 3.63) is 48.0 Å². The second-order valence-electron chi connectivity index (χ2n) is 6.21. The van der Waals surface area contributed by atoms with Gasteiger partial charge in [0.25, 0.3) is 0 Å². The molecular weight excluding hydrogens is 244 g/mol. The highest BCUT2D eigenvalue weighted by molar-refractivity contribution is 5.14. The number of rotatable bonds is 4. The van der Waals surface area contributed by atoms with Crippen LogP contribution in [0.15, 0.2) is 42.5 Å². The molecule has 20 heavy (non-hydrogen) atoms. The molecule has 2 nitrogen and oxygen atoms in total. The van der Waals surface area contributed by atoms with Crippen LogP contribution in [0, 0.1) is 5.92 Å². The van der Waals surface area contributed by atoms with E-state index in [1.807, 2.05) is 0 Å². The maximum atomic E-state index is 2.67. The summed E-state index contributed by atoms with van der Waals surface area (Å²) in [6, 6.07) is 10.9. The predicted molar refractivity (Wildman–Crippen MR) is 84.6 cm³/mol. The Morgan fingerprint density at radius 1 is 0.900 bits per heavy atom. The Morgan fingerprint density at radius 2 is 1.65 bits per heavy atom. The molecule has 0 N–H and O–H groups in total. The predicted octanol–water partition coefficient (Wildman–Crippen LogP) is 3.16. The second-order valence-corrected chi connectivity index (χ2v) is 6.21. The highest BCUT2D eigenvalue weighted by Crippen LogP contribution is 2.20. The first-order valence-electron chi connectivity index (χ1n) is 8.04. The van der Waals surface area contributed by atoms with E-state index in [2.05, 4.69) is 52.3 Å². The highest BCUT2D eigenvalue weighted by Gasteiger charge is 2.20. The number of allylic oxidation sites excluding steroid dienone is 2. The lowest BCUT2D eigenvalue weighted by atomic mass is 9.94. The molecule has 1 aromatic rings. The molecule has 1 atom stereocenters. The van der Waals surface area contributed by atoms with Crippen LogP contribution in [0.1, 0.15) is 24.8 Å². The Morgan fingerprint density at radius 3 is 2.35 bits per heavy atom. The molecule has 1 aliphatic heterocycles. The molecule has 1 saturated heterocycles. The van der Waals surface area contributed by atoms with Crippen LogP contribution in [0.3, 0.4) is 0 Å². The van der Waals surface area contributed by atoms with Gasteiger partial charge < -0.3 is 4.90 Å². The molecule has 2 aliphatic rings. The van der Waals surface area contributed by atoms with Crippen LogP contribution in [-0.2, 0) is 6.54 Å². The van der Waals surface area contributed by atoms with Crippen LogP contribution in [-0.4, -0.2) is 42.5 Å². The lowest BCUT2D eigenvalue weighted by molar-refractivity contribution is 0.111. The summed E-state index contributed by atoms with van der Waals surface area (Å²) in [5.41, 5.74) is 1.44. The molecule has 1 heterocycles. The number of piperazine rings is 1. The van der Waals surface area contributed by atoms with Gasteiger partial charge in [-0.15, -0.1) is 0 Å². The van der Waals surface area contributed by atoms with Crippen molar-refractivity contribution in [3.63, 3.8) is 0 Å². The van der Waals surface area contributed by atoms with Gasteiger partial charge in [-0.25, -0.2) is 0 Å². The summed E-state index contributed by atoms with van der Waals surface area (Å²) in [7, 11) is 0. The zero-order valence-corrected chi connectivity index (χ0v) is 12.4. The van der Waals surface area contributed by atoms with E-state index in [0.717, 1.165) is 12.5 Å². The van der Waals surface area contributed by atoms with Crippen LogP contribution in [0.25, 0.3) is 0 Å². The standard InChI is InChI=1S/C18H26N2/c1-3-7-17(8-4-1)15-19-11-13-20(14-12-19)16-18-9-5-2-6-10-18/h1-5,7-8,18H,6,9-16H2/t18-/m1/s1. The first-order valence-corrected chi connectivity index (χ1v) is 8.04. The Bertz CT molecular complexity index is 418. The van der Waals surface area contributed by atoms with Crippen LogP contribution in [0.2, 0.25) is 0 Å². The summed E-state index contributed by atoms with van der Waals surface area (Å²) in [5, 5.41) is 0. The summed E-state index contributed by atoms with van der Waals surface area (Å²) in [4.78, 5) is 5.26. The van der Waals surface area contributed by atoms with Crippen LogP contribution in [0.5, 0.6) is 0 Å². The SMILES string of the molecule is C1=CC[C@@H](CN2CCN(Cc3ccccc3)CC2)CC1. The van der Waals surface area contributed by atoms with Crippen molar-refractivity contribution in [3.8, 4) is 0 Å². The molecule has 2 heteroatoms. The van der Waals surface area contributed by atoms with Gasteiger partial charge in [-0.1, -0.05) is 42.5 Å². The topological polar surface area (TPSA) is 6.48 Å². The maximum absolute atomic E-state index is 2.67. The Kier molecular flexibility index (Phi) is 4.88.